The van der Waals surface area contributed by atoms with Gasteiger partial charge in [0.1, 0.15) is 11.8 Å². The molecule has 0 radical (unpaired) electrons. The van der Waals surface area contributed by atoms with Gasteiger partial charge >= 0.3 is 6.09 Å². The summed E-state index contributed by atoms with van der Waals surface area (Å²) in [5.41, 5.74) is 1.11. The number of alkyl halides is 1. The lowest BCUT2D eigenvalue weighted by molar-refractivity contribution is 0.0589. The third-order valence-corrected chi connectivity index (χ3v) is 6.51. The molecule has 6 nitrogen and oxygen atoms in total. The van der Waals surface area contributed by atoms with Crippen LogP contribution in [0.5, 0.6) is 0 Å². The van der Waals surface area contributed by atoms with Gasteiger partial charge in [-0.25, -0.2) is 18.0 Å². The molecule has 2 aromatic rings. The number of fused-ring (bicyclic) bond motifs is 3. The minimum Gasteiger partial charge on any atom is -0.443 e. The highest BCUT2D eigenvalue weighted by Crippen LogP contribution is 2.50. The normalized spacial score (nSPS) is 19.2. The van der Waals surface area contributed by atoms with E-state index in [-0.39, 0.29) is 35.3 Å². The van der Waals surface area contributed by atoms with Crippen molar-refractivity contribution in [1.29, 1.82) is 0 Å². The van der Waals surface area contributed by atoms with Crippen LogP contribution in [0.25, 0.3) is 11.1 Å². The van der Waals surface area contributed by atoms with E-state index in [1.165, 1.54) is 18.1 Å². The van der Waals surface area contributed by atoms with Gasteiger partial charge in [0.25, 0.3) is 0 Å². The van der Waals surface area contributed by atoms with Crippen molar-refractivity contribution in [2.24, 2.45) is 0 Å². The second-order valence-corrected chi connectivity index (χ2v) is 10.8. The lowest BCUT2D eigenvalue weighted by Gasteiger charge is -2.31. The van der Waals surface area contributed by atoms with E-state index in [0.717, 1.165) is 6.07 Å². The van der Waals surface area contributed by atoms with Gasteiger partial charge in [0, 0.05) is 62.4 Å². The largest absolute Gasteiger partial charge is 0.443 e. The van der Waals surface area contributed by atoms with Gasteiger partial charge in [0.15, 0.2) is 11.6 Å². The Bertz CT molecular complexity index is 1170. The number of benzene rings is 1. The molecule has 0 N–H and O–H groups in total. The fourth-order valence-corrected chi connectivity index (χ4v) is 5.16. The van der Waals surface area contributed by atoms with Crippen molar-refractivity contribution in [2.75, 3.05) is 44.0 Å². The monoisotopic (exact) mass is 510 g/mol. The Balaban J connectivity index is 1.87. The Kier molecular flexibility index (Phi) is 6.70. The molecule has 1 amide bonds. The summed E-state index contributed by atoms with van der Waals surface area (Å²) in [7, 11) is 5.24. The first-order chi connectivity index (χ1) is 16.3. The van der Waals surface area contributed by atoms with Crippen molar-refractivity contribution in [2.45, 2.75) is 51.4 Å². The fraction of sp³-hybridized carbons (Fsp3) is 0.520. The molecule has 1 aliphatic carbocycles. The molecular weight excluding hydrogens is 481 g/mol. The quantitative estimate of drug-likeness (QED) is 0.468. The van der Waals surface area contributed by atoms with Gasteiger partial charge < -0.3 is 14.5 Å². The van der Waals surface area contributed by atoms with Gasteiger partial charge in [-0.3, -0.25) is 9.88 Å². The van der Waals surface area contributed by atoms with E-state index in [9.17, 15) is 13.6 Å². The first-order valence-corrected chi connectivity index (χ1v) is 11.9. The number of hydrogen-bond donors (Lipinski definition) is 0. The van der Waals surface area contributed by atoms with Gasteiger partial charge in [-0.1, -0.05) is 11.6 Å². The van der Waals surface area contributed by atoms with Gasteiger partial charge in [-0.05, 0) is 40.4 Å². The van der Waals surface area contributed by atoms with E-state index in [4.69, 9.17) is 16.3 Å². The van der Waals surface area contributed by atoms with Gasteiger partial charge in [-0.2, -0.15) is 0 Å². The molecule has 0 unspecified atom stereocenters. The molecule has 1 saturated heterocycles. The SMILES string of the molecule is CN(C)C[C@@H]1C[C@H](F)CN1c1c(Cl)cnc2c1-c1c(F)c(F)cc(N(C)C(=O)OC(C)(C)C)c1C2. The molecule has 2 aliphatic rings. The molecule has 0 saturated carbocycles. The first kappa shape index (κ1) is 25.6. The molecule has 4 rings (SSSR count). The van der Waals surface area contributed by atoms with Gasteiger partial charge in [0.05, 0.1) is 22.1 Å². The molecule has 1 aliphatic heterocycles. The van der Waals surface area contributed by atoms with E-state index in [1.807, 2.05) is 23.9 Å². The number of aromatic nitrogens is 1. The number of nitrogens with zero attached hydrogens (tertiary/aromatic N) is 4. The average molecular weight is 511 g/mol. The molecule has 1 aromatic carbocycles. The Morgan fingerprint density at radius 3 is 2.57 bits per heavy atom. The molecule has 2 atom stereocenters. The topological polar surface area (TPSA) is 48.9 Å². The molecule has 2 heterocycles. The third kappa shape index (κ3) is 4.80. The van der Waals surface area contributed by atoms with Crippen LogP contribution >= 0.6 is 11.6 Å². The number of carbonyl (C=O) groups is 1. The number of ether oxygens (including phenoxy) is 1. The van der Waals surface area contributed by atoms with Crippen molar-refractivity contribution in [3.05, 3.63) is 40.2 Å². The van der Waals surface area contributed by atoms with Crippen molar-refractivity contribution in [1.82, 2.24) is 9.88 Å². The Morgan fingerprint density at radius 1 is 1.26 bits per heavy atom. The number of likely N-dealkylation sites (N-methyl/N-ethyl adjacent to an activating group) is 1. The summed E-state index contributed by atoms with van der Waals surface area (Å²) in [6.07, 6.45) is 0.160. The summed E-state index contributed by atoms with van der Waals surface area (Å²) in [5, 5.41) is 0.236. The number of halogens is 4. The number of amides is 1. The zero-order valence-electron chi connectivity index (χ0n) is 20.8. The number of carbonyl (C=O) groups excluding carboxylic acids is 1. The predicted molar refractivity (Wildman–Crippen MR) is 131 cm³/mol. The van der Waals surface area contributed by atoms with Crippen LogP contribution in [-0.4, -0.2) is 68.0 Å². The smallest absolute Gasteiger partial charge is 0.414 e. The lowest BCUT2D eigenvalue weighted by atomic mass is 10.0. The summed E-state index contributed by atoms with van der Waals surface area (Å²) in [6.45, 7) is 5.83. The van der Waals surface area contributed by atoms with Crippen LogP contribution in [0.1, 0.15) is 38.4 Å². The number of rotatable bonds is 4. The molecule has 35 heavy (non-hydrogen) atoms. The first-order valence-electron chi connectivity index (χ1n) is 11.5. The minimum atomic E-state index is -1.11. The highest BCUT2D eigenvalue weighted by Gasteiger charge is 2.40. The summed E-state index contributed by atoms with van der Waals surface area (Å²) in [6, 6.07) is 0.793. The van der Waals surface area contributed by atoms with Crippen LogP contribution in [0, 0.1) is 11.6 Å². The maximum absolute atomic E-state index is 15.4. The Hall–Kier alpha value is -2.52. The minimum absolute atomic E-state index is 0.00122. The van der Waals surface area contributed by atoms with Crippen LogP contribution in [0.15, 0.2) is 12.3 Å². The average Bonchev–Trinajstić information content (AvgIpc) is 3.29. The van der Waals surface area contributed by atoms with Crippen molar-refractivity contribution in [3.63, 3.8) is 0 Å². The Labute approximate surface area is 208 Å². The maximum atomic E-state index is 15.4. The summed E-state index contributed by atoms with van der Waals surface area (Å²) in [5.74, 6) is -2.16. The van der Waals surface area contributed by atoms with Gasteiger partial charge in [0.2, 0.25) is 0 Å². The lowest BCUT2D eigenvalue weighted by Crippen LogP contribution is -2.38. The van der Waals surface area contributed by atoms with Crippen LogP contribution < -0.4 is 9.80 Å². The maximum Gasteiger partial charge on any atom is 0.414 e. The standard InChI is InChI=1S/C25H30ClF3N4O2/c1-25(2,3)35-24(34)32(6)19-9-17(28)22(29)20-15(19)8-18-21(20)23(16(26)10-30-18)33-11-13(27)7-14(33)12-31(4)5/h9-10,13-14H,7-8,11-12H2,1-6H3/t13-,14-/m0/s1. The summed E-state index contributed by atoms with van der Waals surface area (Å²) < 4.78 is 50.3. The van der Waals surface area contributed by atoms with Crippen LogP contribution in [0.4, 0.5) is 29.3 Å². The Morgan fingerprint density at radius 2 is 1.94 bits per heavy atom. The van der Waals surface area contributed by atoms with E-state index in [1.54, 1.807) is 20.8 Å². The zero-order chi connectivity index (χ0) is 25.8. The number of anilines is 2. The van der Waals surface area contributed by atoms with Crippen molar-refractivity contribution < 1.29 is 22.7 Å². The molecular formula is C25H30ClF3N4O2. The van der Waals surface area contributed by atoms with Crippen LogP contribution in [-0.2, 0) is 11.2 Å². The molecule has 0 spiro atoms. The van der Waals surface area contributed by atoms with Gasteiger partial charge in [-0.15, -0.1) is 0 Å². The molecule has 1 fully saturated rings. The predicted octanol–water partition coefficient (Wildman–Crippen LogP) is 5.43. The van der Waals surface area contributed by atoms with E-state index in [0.29, 0.717) is 35.5 Å². The highest BCUT2D eigenvalue weighted by molar-refractivity contribution is 6.34. The second-order valence-electron chi connectivity index (χ2n) is 10.4. The number of hydrogen-bond acceptors (Lipinski definition) is 5. The van der Waals surface area contributed by atoms with Crippen LogP contribution in [0.2, 0.25) is 5.02 Å². The molecule has 1 aromatic heterocycles. The third-order valence-electron chi connectivity index (χ3n) is 6.24. The number of pyridine rings is 1. The summed E-state index contributed by atoms with van der Waals surface area (Å²) in [4.78, 5) is 22.1. The van der Waals surface area contributed by atoms with Crippen molar-refractivity contribution in [3.8, 4) is 11.1 Å². The second kappa shape index (κ2) is 9.17. The zero-order valence-corrected chi connectivity index (χ0v) is 21.5. The van der Waals surface area contributed by atoms with E-state index < -0.39 is 29.5 Å². The van der Waals surface area contributed by atoms with Crippen LogP contribution in [0.3, 0.4) is 0 Å². The summed E-state index contributed by atoms with van der Waals surface area (Å²) >= 11 is 6.58. The van der Waals surface area contributed by atoms with E-state index >= 15 is 4.39 Å². The highest BCUT2D eigenvalue weighted by atomic mass is 35.5. The molecule has 10 heteroatoms. The molecule has 0 bridgehead atoms. The molecule has 190 valence electrons. The van der Waals surface area contributed by atoms with E-state index in [2.05, 4.69) is 4.98 Å². The fourth-order valence-electron chi connectivity index (χ4n) is 4.91. The van der Waals surface area contributed by atoms with Crippen molar-refractivity contribution >= 4 is 29.1 Å².